The Morgan fingerprint density at radius 1 is 0.354 bits per heavy atom. The Bertz CT molecular complexity index is 3520. The van der Waals surface area contributed by atoms with E-state index in [9.17, 15) is 83.9 Å². The van der Waals surface area contributed by atoms with Gasteiger partial charge in [-0.25, -0.2) is 40.7 Å². The first kappa shape index (κ1) is 78.6. The molecule has 0 aliphatic carbocycles. The van der Waals surface area contributed by atoms with Crippen LogP contribution >= 0.6 is 35.3 Å². The second-order valence-corrected chi connectivity index (χ2v) is 22.6. The average molecular weight is 1400 g/mol. The molecule has 3 atom stereocenters. The highest BCUT2D eigenvalue weighted by Crippen LogP contribution is 2.35. The van der Waals surface area contributed by atoms with Crippen LogP contribution in [0.5, 0.6) is 17.2 Å². The number of hydrogen-bond donors (Lipinski definition) is 3. The fourth-order valence-electron chi connectivity index (χ4n) is 8.15. The molecule has 0 saturated carbocycles. The van der Waals surface area contributed by atoms with Crippen molar-refractivity contribution in [1.82, 2.24) is 16.0 Å². The van der Waals surface area contributed by atoms with E-state index in [0.29, 0.717) is 53.5 Å². The van der Waals surface area contributed by atoms with Gasteiger partial charge in [-0.2, -0.15) is 0 Å². The molecule has 6 aromatic rings. The Morgan fingerprint density at radius 3 is 0.792 bits per heavy atom. The standard InChI is InChI=1S/3C22H21F2NO6S/c3*1-4-30-21(28)19(25-12(2)26)11-32-22(29)17-9-14(5-8-20(17)31-13(3)27)16-7-6-15(23)10-18(16)24/h3*5-10,19H,4,11H2,1-3H3,(H,25,26)/t2*19-;/m10./s1. The second-order valence-electron chi connectivity index (χ2n) is 19.6. The molecule has 3 N–H and O–H groups in total. The SMILES string of the molecule is CCOC(=O)C(CSC(=O)c1cc(-c2ccc(F)cc2F)ccc1OC(C)=O)NC(C)=O.CCOC(=O)[C@@H](CSC(=O)c1cc(-c2ccc(F)cc2F)ccc1OC(C)=O)NC(C)=O.CCOC(=O)[C@H](CSC(=O)c1cc(-c2ccc(F)cc2F)ccc1OC(C)=O)NC(C)=O. The van der Waals surface area contributed by atoms with Crippen LogP contribution in [0.15, 0.2) is 109 Å². The highest BCUT2D eigenvalue weighted by molar-refractivity contribution is 8.14. The van der Waals surface area contributed by atoms with Gasteiger partial charge in [-0.15, -0.1) is 0 Å². The summed E-state index contributed by atoms with van der Waals surface area (Å²) in [5.41, 5.74) is 0.724. The van der Waals surface area contributed by atoms with Crippen LogP contribution in [0.2, 0.25) is 0 Å². The van der Waals surface area contributed by atoms with E-state index < -0.39 is 122 Å². The van der Waals surface area contributed by atoms with E-state index in [1.165, 1.54) is 93.6 Å². The van der Waals surface area contributed by atoms with E-state index in [1.807, 2.05) is 0 Å². The van der Waals surface area contributed by atoms with E-state index in [4.69, 9.17) is 28.4 Å². The minimum atomic E-state index is -1.07. The van der Waals surface area contributed by atoms with Crippen molar-refractivity contribution < 1.29 is 112 Å². The van der Waals surface area contributed by atoms with Crippen LogP contribution in [-0.4, -0.2) is 124 Å². The van der Waals surface area contributed by atoms with Gasteiger partial charge in [-0.1, -0.05) is 53.5 Å². The summed E-state index contributed by atoms with van der Waals surface area (Å²) in [7, 11) is 0. The molecule has 0 saturated heterocycles. The summed E-state index contributed by atoms with van der Waals surface area (Å²) in [6, 6.07) is 18.0. The molecule has 0 radical (unpaired) electrons. The largest absolute Gasteiger partial charge is 0.464 e. The summed E-state index contributed by atoms with van der Waals surface area (Å²) in [5.74, 6) is -10.9. The Labute approximate surface area is 558 Å². The summed E-state index contributed by atoms with van der Waals surface area (Å²) in [5, 5.41) is 5.46. The van der Waals surface area contributed by atoms with Crippen LogP contribution in [-0.2, 0) is 57.4 Å². The normalized spacial score (nSPS) is 11.4. The van der Waals surface area contributed by atoms with Crippen molar-refractivity contribution in [2.75, 3.05) is 37.1 Å². The van der Waals surface area contributed by atoms with Crippen LogP contribution in [0.3, 0.4) is 0 Å². The molecule has 96 heavy (non-hydrogen) atoms. The first-order valence-corrected chi connectivity index (χ1v) is 31.5. The molecular weight excluding hydrogens is 1330 g/mol. The molecule has 0 aliphatic heterocycles. The molecule has 21 nitrogen and oxygen atoms in total. The molecule has 0 heterocycles. The molecule has 30 heteroatoms. The molecular formula is C66H63F6N3O18S3. The monoisotopic (exact) mass is 1400 g/mol. The highest BCUT2D eigenvalue weighted by atomic mass is 32.2. The van der Waals surface area contributed by atoms with Gasteiger partial charge in [0.25, 0.3) is 0 Å². The van der Waals surface area contributed by atoms with Gasteiger partial charge in [0, 0.05) is 93.7 Å². The predicted octanol–water partition coefficient (Wildman–Crippen LogP) is 10.5. The van der Waals surface area contributed by atoms with Crippen molar-refractivity contribution >= 4 is 104 Å². The smallest absolute Gasteiger partial charge is 0.329 e. The number of benzene rings is 6. The van der Waals surface area contributed by atoms with E-state index >= 15 is 0 Å². The topological polar surface area (TPSA) is 296 Å². The van der Waals surface area contributed by atoms with Gasteiger partial charge in [-0.3, -0.25) is 43.2 Å². The van der Waals surface area contributed by atoms with E-state index in [2.05, 4.69) is 16.0 Å². The molecule has 0 fully saturated rings. The summed E-state index contributed by atoms with van der Waals surface area (Å²) in [4.78, 5) is 143. The minimum Gasteiger partial charge on any atom is -0.464 e. The Morgan fingerprint density at radius 2 is 0.594 bits per heavy atom. The average Bonchev–Trinajstić information content (AvgIpc) is 0.833. The van der Waals surface area contributed by atoms with Gasteiger partial charge in [0.05, 0.1) is 36.5 Å². The van der Waals surface area contributed by atoms with E-state index in [0.717, 1.165) is 39.0 Å². The van der Waals surface area contributed by atoms with Crippen molar-refractivity contribution in [1.29, 1.82) is 0 Å². The lowest BCUT2D eigenvalue weighted by atomic mass is 10.0. The number of amides is 3. The summed E-state index contributed by atoms with van der Waals surface area (Å²) >= 11 is 2.06. The quantitative estimate of drug-likeness (QED) is 0.0220. The number of nitrogens with one attached hydrogen (secondary N) is 3. The minimum absolute atomic E-state index is 0.0440. The van der Waals surface area contributed by atoms with Gasteiger partial charge < -0.3 is 44.4 Å². The van der Waals surface area contributed by atoms with Crippen LogP contribution in [0.4, 0.5) is 26.3 Å². The molecule has 0 aliphatic rings. The molecule has 0 spiro atoms. The number of carbonyl (C=O) groups excluding carboxylic acids is 12. The third kappa shape index (κ3) is 25.2. The van der Waals surface area contributed by atoms with Crippen LogP contribution in [0.25, 0.3) is 33.4 Å². The van der Waals surface area contributed by atoms with Crippen molar-refractivity contribution in [2.45, 2.75) is 80.4 Å². The number of ether oxygens (including phenoxy) is 6. The fourth-order valence-corrected chi connectivity index (χ4v) is 10.7. The molecule has 6 aromatic carbocycles. The van der Waals surface area contributed by atoms with Crippen molar-refractivity contribution in [3.63, 3.8) is 0 Å². The van der Waals surface area contributed by atoms with Crippen LogP contribution in [0.1, 0.15) is 93.4 Å². The number of hydrogen-bond acceptors (Lipinski definition) is 21. The maximum Gasteiger partial charge on any atom is 0.329 e. The Balaban J connectivity index is 0.000000306. The lowest BCUT2D eigenvalue weighted by molar-refractivity contribution is -0.146. The molecule has 0 bridgehead atoms. The first-order valence-electron chi connectivity index (χ1n) is 28.5. The van der Waals surface area contributed by atoms with Crippen LogP contribution in [0, 0.1) is 34.9 Å². The van der Waals surface area contributed by atoms with Crippen molar-refractivity contribution in [3.8, 4) is 50.6 Å². The Kier molecular flexibility index (Phi) is 31.6. The lowest BCUT2D eigenvalue weighted by Crippen LogP contribution is -2.42. The summed E-state index contributed by atoms with van der Waals surface area (Å²) in [6.07, 6.45) is 0. The molecule has 0 aromatic heterocycles. The molecule has 3 amide bonds. The Hall–Kier alpha value is -9.81. The van der Waals surface area contributed by atoms with Crippen molar-refractivity contribution in [2.24, 2.45) is 0 Å². The number of carbonyl (C=O) groups is 12. The molecule has 510 valence electrons. The van der Waals surface area contributed by atoms with Gasteiger partial charge in [0.1, 0.15) is 70.3 Å². The molecule has 1 unspecified atom stereocenters. The second kappa shape index (κ2) is 38.5. The fraction of sp³-hybridized carbons (Fsp3) is 0.273. The zero-order chi connectivity index (χ0) is 71.5. The number of rotatable bonds is 24. The van der Waals surface area contributed by atoms with Gasteiger partial charge in [0.15, 0.2) is 0 Å². The van der Waals surface area contributed by atoms with E-state index in [-0.39, 0.29) is 104 Å². The van der Waals surface area contributed by atoms with Crippen molar-refractivity contribution in [3.05, 3.63) is 161 Å². The van der Waals surface area contributed by atoms with Gasteiger partial charge >= 0.3 is 35.8 Å². The lowest BCUT2D eigenvalue weighted by Gasteiger charge is -2.16. The summed E-state index contributed by atoms with van der Waals surface area (Å²) in [6.45, 7) is 12.2. The van der Waals surface area contributed by atoms with E-state index in [1.54, 1.807) is 20.8 Å². The highest BCUT2D eigenvalue weighted by Gasteiger charge is 2.29. The predicted molar refractivity (Wildman–Crippen MR) is 342 cm³/mol. The zero-order valence-electron chi connectivity index (χ0n) is 52.7. The van der Waals surface area contributed by atoms with Gasteiger partial charge in [0.2, 0.25) is 33.1 Å². The maximum absolute atomic E-state index is 14.2. The number of thioether (sulfide) groups is 3. The third-order valence-corrected chi connectivity index (χ3v) is 15.0. The maximum atomic E-state index is 14.2. The van der Waals surface area contributed by atoms with Crippen LogP contribution < -0.4 is 30.2 Å². The molecule has 6 rings (SSSR count). The summed E-state index contributed by atoms with van der Waals surface area (Å²) < 4.78 is 112. The number of esters is 6. The van der Waals surface area contributed by atoms with Gasteiger partial charge in [-0.05, 0) is 110 Å². The zero-order valence-corrected chi connectivity index (χ0v) is 55.2. The number of halogens is 6. The third-order valence-electron chi connectivity index (χ3n) is 12.1. The first-order chi connectivity index (χ1) is 45.3.